The number of halogens is 2. The highest BCUT2D eigenvalue weighted by atomic mass is 35.5. The van der Waals surface area contributed by atoms with Gasteiger partial charge in [0.15, 0.2) is 0 Å². The van der Waals surface area contributed by atoms with E-state index in [1.165, 1.54) is 19.3 Å². The van der Waals surface area contributed by atoms with Crippen molar-refractivity contribution in [2.45, 2.75) is 38.1 Å². The number of hydrogen-bond donors (Lipinski definition) is 1. The molecule has 3 nitrogen and oxygen atoms in total. The van der Waals surface area contributed by atoms with Gasteiger partial charge in [0.05, 0.1) is 26.1 Å². The first-order valence-corrected chi connectivity index (χ1v) is 7.86. The molecule has 1 aromatic heterocycles. The van der Waals surface area contributed by atoms with Gasteiger partial charge in [0.25, 0.3) is 0 Å². The van der Waals surface area contributed by atoms with Crippen LogP contribution in [0.3, 0.4) is 0 Å². The largest absolute Gasteiger partial charge is 0.393 e. The van der Waals surface area contributed by atoms with Crippen molar-refractivity contribution in [1.82, 2.24) is 9.55 Å². The number of hydrogen-bond acceptors (Lipinski definition) is 2. The lowest BCUT2D eigenvalue weighted by molar-refractivity contribution is 0.389. The minimum atomic E-state index is 0.520. The maximum atomic E-state index is 6.14. The van der Waals surface area contributed by atoms with E-state index in [0.29, 0.717) is 27.4 Å². The number of thiocarbonyl (C=S) groups is 1. The zero-order chi connectivity index (χ0) is 14.3. The Bertz CT molecular complexity index is 677. The molecule has 1 aliphatic rings. The molecule has 106 valence electrons. The summed E-state index contributed by atoms with van der Waals surface area (Å²) in [6, 6.07) is 3.71. The van der Waals surface area contributed by atoms with E-state index in [0.717, 1.165) is 23.4 Å². The molecule has 0 bridgehead atoms. The summed E-state index contributed by atoms with van der Waals surface area (Å²) >= 11 is 17.2. The zero-order valence-corrected chi connectivity index (χ0v) is 13.2. The van der Waals surface area contributed by atoms with E-state index < -0.39 is 0 Å². The molecule has 0 unspecified atom stereocenters. The highest BCUT2D eigenvalue weighted by Crippen LogP contribution is 2.38. The average molecular weight is 328 g/mol. The monoisotopic (exact) mass is 327 g/mol. The van der Waals surface area contributed by atoms with Crippen molar-refractivity contribution < 1.29 is 0 Å². The van der Waals surface area contributed by atoms with E-state index in [1.54, 1.807) is 0 Å². The van der Waals surface area contributed by atoms with Crippen LogP contribution in [0.15, 0.2) is 12.1 Å². The molecule has 1 aromatic carbocycles. The lowest BCUT2D eigenvalue weighted by atomic mass is 9.85. The Balaban J connectivity index is 2.09. The predicted molar refractivity (Wildman–Crippen MR) is 87.7 cm³/mol. The third-order valence-corrected chi connectivity index (χ3v) is 4.80. The van der Waals surface area contributed by atoms with Crippen LogP contribution >= 0.6 is 35.4 Å². The highest BCUT2D eigenvalue weighted by molar-refractivity contribution is 7.80. The summed E-state index contributed by atoms with van der Waals surface area (Å²) < 4.78 is 2.19. The number of nitrogens with two attached hydrogens (primary N) is 1. The van der Waals surface area contributed by atoms with Gasteiger partial charge in [-0.15, -0.1) is 0 Å². The van der Waals surface area contributed by atoms with Gasteiger partial charge in [0, 0.05) is 18.9 Å². The minimum Gasteiger partial charge on any atom is -0.393 e. The van der Waals surface area contributed by atoms with E-state index in [4.69, 9.17) is 46.1 Å². The second-order valence-electron chi connectivity index (χ2n) is 5.22. The van der Waals surface area contributed by atoms with E-state index in [-0.39, 0.29) is 0 Å². The van der Waals surface area contributed by atoms with Gasteiger partial charge in [-0.2, -0.15) is 0 Å². The number of fused-ring (bicyclic) bond motifs is 1. The normalized spacial score (nSPS) is 15.5. The number of nitrogens with zero attached hydrogens (tertiary/aromatic N) is 2. The molecule has 0 aliphatic heterocycles. The molecule has 0 amide bonds. The third kappa shape index (κ3) is 2.52. The molecule has 2 aromatic rings. The lowest BCUT2D eigenvalue weighted by Crippen LogP contribution is -2.18. The van der Waals surface area contributed by atoms with Gasteiger partial charge in [0.2, 0.25) is 0 Å². The van der Waals surface area contributed by atoms with Gasteiger partial charge in [0.1, 0.15) is 5.82 Å². The van der Waals surface area contributed by atoms with Crippen LogP contribution < -0.4 is 5.73 Å². The first-order valence-electron chi connectivity index (χ1n) is 6.69. The molecular weight excluding hydrogens is 313 g/mol. The standard InChI is InChI=1S/C14H15Cl2N3S/c15-9-6-11-12(7-10(9)16)19(5-4-13(17)20)14(18-11)8-2-1-3-8/h6-8H,1-5H2,(H2,17,20). The van der Waals surface area contributed by atoms with Crippen LogP contribution in [0.4, 0.5) is 0 Å². The Hall–Kier alpha value is -0.840. The summed E-state index contributed by atoms with van der Waals surface area (Å²) in [5, 5.41) is 1.09. The molecule has 1 aliphatic carbocycles. The van der Waals surface area contributed by atoms with Gasteiger partial charge in [-0.25, -0.2) is 4.98 Å². The Morgan fingerprint density at radius 3 is 2.65 bits per heavy atom. The zero-order valence-electron chi connectivity index (χ0n) is 10.9. The number of benzene rings is 1. The van der Waals surface area contributed by atoms with Gasteiger partial charge in [-0.3, -0.25) is 0 Å². The predicted octanol–water partition coefficient (Wildman–Crippen LogP) is 4.29. The number of aromatic nitrogens is 2. The Morgan fingerprint density at radius 2 is 2.05 bits per heavy atom. The Kier molecular flexibility index (Phi) is 3.89. The van der Waals surface area contributed by atoms with Crippen LogP contribution in [0.25, 0.3) is 11.0 Å². The van der Waals surface area contributed by atoms with Crippen LogP contribution in [-0.4, -0.2) is 14.5 Å². The molecule has 0 radical (unpaired) electrons. The van der Waals surface area contributed by atoms with Gasteiger partial charge in [-0.05, 0) is 25.0 Å². The molecule has 2 N–H and O–H groups in total. The maximum Gasteiger partial charge on any atom is 0.113 e. The van der Waals surface area contributed by atoms with Crippen LogP contribution in [0.1, 0.15) is 37.4 Å². The van der Waals surface area contributed by atoms with Crippen molar-refractivity contribution in [3.05, 3.63) is 28.0 Å². The molecule has 0 spiro atoms. The second kappa shape index (κ2) is 5.51. The van der Waals surface area contributed by atoms with Crippen molar-refractivity contribution in [1.29, 1.82) is 0 Å². The maximum absolute atomic E-state index is 6.14. The molecule has 0 atom stereocenters. The third-order valence-electron chi connectivity index (χ3n) is 3.87. The molecule has 0 saturated heterocycles. The Labute approximate surface area is 133 Å². The molecular formula is C14H15Cl2N3S. The molecule has 6 heteroatoms. The summed E-state index contributed by atoms with van der Waals surface area (Å²) in [6.45, 7) is 0.746. The summed E-state index contributed by atoms with van der Waals surface area (Å²) in [6.07, 6.45) is 4.32. The fourth-order valence-corrected chi connectivity index (χ4v) is 2.98. The van der Waals surface area contributed by atoms with E-state index in [9.17, 15) is 0 Å². The molecule has 1 fully saturated rings. The fraction of sp³-hybridized carbons (Fsp3) is 0.429. The summed E-state index contributed by atoms with van der Waals surface area (Å²) in [7, 11) is 0. The van der Waals surface area contributed by atoms with Crippen LogP contribution in [0.5, 0.6) is 0 Å². The number of rotatable bonds is 4. The Morgan fingerprint density at radius 1 is 1.35 bits per heavy atom. The number of aryl methyl sites for hydroxylation is 1. The van der Waals surface area contributed by atoms with Crippen molar-refractivity contribution in [3.63, 3.8) is 0 Å². The average Bonchev–Trinajstić information content (AvgIpc) is 2.63. The molecule has 3 rings (SSSR count). The van der Waals surface area contributed by atoms with Gasteiger partial charge < -0.3 is 10.3 Å². The fourth-order valence-electron chi connectivity index (χ4n) is 2.57. The number of imidazole rings is 1. The topological polar surface area (TPSA) is 43.8 Å². The van der Waals surface area contributed by atoms with E-state index >= 15 is 0 Å². The van der Waals surface area contributed by atoms with Gasteiger partial charge >= 0.3 is 0 Å². The first-order chi connectivity index (χ1) is 9.56. The lowest BCUT2D eigenvalue weighted by Gasteiger charge is -2.25. The van der Waals surface area contributed by atoms with Crippen LogP contribution in [0, 0.1) is 0 Å². The van der Waals surface area contributed by atoms with Crippen molar-refractivity contribution >= 4 is 51.4 Å². The van der Waals surface area contributed by atoms with Crippen LogP contribution in [-0.2, 0) is 6.54 Å². The molecule has 1 saturated carbocycles. The molecule has 20 heavy (non-hydrogen) atoms. The van der Waals surface area contributed by atoms with Crippen LogP contribution in [0.2, 0.25) is 10.0 Å². The summed E-state index contributed by atoms with van der Waals surface area (Å²) in [5.41, 5.74) is 7.53. The van der Waals surface area contributed by atoms with Crippen molar-refractivity contribution in [3.8, 4) is 0 Å². The van der Waals surface area contributed by atoms with Gasteiger partial charge in [-0.1, -0.05) is 41.8 Å². The van der Waals surface area contributed by atoms with E-state index in [2.05, 4.69) is 4.57 Å². The first kappa shape index (κ1) is 14.1. The molecule has 1 heterocycles. The highest BCUT2D eigenvalue weighted by Gasteiger charge is 2.26. The van der Waals surface area contributed by atoms with E-state index in [1.807, 2.05) is 12.1 Å². The summed E-state index contributed by atoms with van der Waals surface area (Å²) in [5.74, 6) is 1.65. The van der Waals surface area contributed by atoms with Crippen molar-refractivity contribution in [2.75, 3.05) is 0 Å². The van der Waals surface area contributed by atoms with Crippen molar-refractivity contribution in [2.24, 2.45) is 5.73 Å². The smallest absolute Gasteiger partial charge is 0.113 e. The second-order valence-corrected chi connectivity index (χ2v) is 6.56. The minimum absolute atomic E-state index is 0.520. The quantitative estimate of drug-likeness (QED) is 0.852. The summed E-state index contributed by atoms with van der Waals surface area (Å²) in [4.78, 5) is 5.27. The SMILES string of the molecule is NC(=S)CCn1c(C2CCC2)nc2cc(Cl)c(Cl)cc21.